The van der Waals surface area contributed by atoms with Gasteiger partial charge in [-0.1, -0.05) is 75.2 Å². The van der Waals surface area contributed by atoms with Gasteiger partial charge in [0.1, 0.15) is 12.6 Å². The maximum absolute atomic E-state index is 12.9. The van der Waals surface area contributed by atoms with Crippen molar-refractivity contribution in [3.63, 3.8) is 0 Å². The van der Waals surface area contributed by atoms with Gasteiger partial charge < -0.3 is 20.5 Å². The van der Waals surface area contributed by atoms with E-state index in [1.807, 2.05) is 38.1 Å². The van der Waals surface area contributed by atoms with Crippen molar-refractivity contribution in [2.75, 3.05) is 13.2 Å². The van der Waals surface area contributed by atoms with E-state index in [9.17, 15) is 19.5 Å². The van der Waals surface area contributed by atoms with Crippen LogP contribution in [0.25, 0.3) is 11.1 Å². The van der Waals surface area contributed by atoms with E-state index in [0.29, 0.717) is 13.0 Å². The Morgan fingerprint density at radius 1 is 0.971 bits per heavy atom. The van der Waals surface area contributed by atoms with E-state index < -0.39 is 24.0 Å². The highest BCUT2D eigenvalue weighted by atomic mass is 16.5. The van der Waals surface area contributed by atoms with Gasteiger partial charge in [0.25, 0.3) is 0 Å². The molecule has 2 amide bonds. The second-order valence-electron chi connectivity index (χ2n) is 9.93. The SMILES string of the molecule is CC(C)[C@@H](NC(=O)OCC1c2ccccc2-c2ccccc21)C(=O)NCC1CCCCC1C(=O)O. The zero-order valence-corrected chi connectivity index (χ0v) is 20.3. The van der Waals surface area contributed by atoms with Gasteiger partial charge in [-0.2, -0.15) is 0 Å². The number of carboxylic acid groups (broad SMARTS) is 1. The van der Waals surface area contributed by atoms with E-state index in [1.165, 1.54) is 0 Å². The number of benzene rings is 2. The lowest BCUT2D eigenvalue weighted by molar-refractivity contribution is -0.145. The molecule has 0 aromatic heterocycles. The molecule has 4 rings (SSSR count). The van der Waals surface area contributed by atoms with E-state index in [-0.39, 0.29) is 30.3 Å². The first kappa shape index (κ1) is 24.8. The van der Waals surface area contributed by atoms with E-state index >= 15 is 0 Å². The number of carbonyl (C=O) groups excluding carboxylic acids is 2. The number of ether oxygens (including phenoxy) is 1. The average molecular weight is 479 g/mol. The average Bonchev–Trinajstić information content (AvgIpc) is 3.18. The third-order valence-corrected chi connectivity index (χ3v) is 7.33. The zero-order valence-electron chi connectivity index (χ0n) is 20.3. The topological polar surface area (TPSA) is 105 Å². The van der Waals surface area contributed by atoms with Crippen LogP contribution in [0.2, 0.25) is 0 Å². The molecule has 2 aromatic carbocycles. The molecule has 1 saturated carbocycles. The molecule has 186 valence electrons. The van der Waals surface area contributed by atoms with Crippen molar-refractivity contribution in [1.82, 2.24) is 10.6 Å². The number of nitrogens with one attached hydrogen (secondary N) is 2. The van der Waals surface area contributed by atoms with Gasteiger partial charge in [-0.3, -0.25) is 9.59 Å². The summed E-state index contributed by atoms with van der Waals surface area (Å²) in [7, 11) is 0. The second kappa shape index (κ2) is 10.9. The van der Waals surface area contributed by atoms with Crippen LogP contribution in [0.4, 0.5) is 4.79 Å². The quantitative estimate of drug-likeness (QED) is 0.516. The summed E-state index contributed by atoms with van der Waals surface area (Å²) in [5.74, 6) is -1.86. The standard InChI is InChI=1S/C28H34N2O5/c1-17(2)25(26(31)29-15-18-9-3-4-10-19(18)27(32)33)30-28(34)35-16-24-22-13-7-5-11-20(22)21-12-6-8-14-23(21)24/h5-8,11-14,17-19,24-25H,3-4,9-10,15-16H2,1-2H3,(H,29,31)(H,30,34)(H,32,33)/t18?,19?,25-/m1/s1. The Morgan fingerprint density at radius 2 is 1.57 bits per heavy atom. The summed E-state index contributed by atoms with van der Waals surface area (Å²) >= 11 is 0. The maximum Gasteiger partial charge on any atom is 0.407 e. The van der Waals surface area contributed by atoms with Gasteiger partial charge in [-0.15, -0.1) is 0 Å². The minimum Gasteiger partial charge on any atom is -0.481 e. The molecule has 0 aliphatic heterocycles. The largest absolute Gasteiger partial charge is 0.481 e. The third-order valence-electron chi connectivity index (χ3n) is 7.33. The Morgan fingerprint density at radius 3 is 2.17 bits per heavy atom. The van der Waals surface area contributed by atoms with Crippen LogP contribution in [0, 0.1) is 17.8 Å². The first-order chi connectivity index (χ1) is 16.9. The molecule has 1 fully saturated rings. The lowest BCUT2D eigenvalue weighted by Gasteiger charge is -2.29. The first-order valence-electron chi connectivity index (χ1n) is 12.5. The predicted octanol–water partition coefficient (Wildman–Crippen LogP) is 4.56. The normalized spacial score (nSPS) is 20.0. The van der Waals surface area contributed by atoms with Gasteiger partial charge in [-0.05, 0) is 46.9 Å². The zero-order chi connectivity index (χ0) is 24.9. The molecular weight excluding hydrogens is 444 g/mol. The van der Waals surface area contributed by atoms with Crippen molar-refractivity contribution in [2.24, 2.45) is 17.8 Å². The number of hydrogen-bond donors (Lipinski definition) is 3. The fraction of sp³-hybridized carbons (Fsp3) is 0.464. The minimum atomic E-state index is -0.805. The number of hydrogen-bond acceptors (Lipinski definition) is 4. The Hall–Kier alpha value is -3.35. The molecule has 0 radical (unpaired) electrons. The molecular formula is C28H34N2O5. The van der Waals surface area contributed by atoms with Gasteiger partial charge in [0.15, 0.2) is 0 Å². The molecule has 0 spiro atoms. The fourth-order valence-electron chi connectivity index (χ4n) is 5.42. The van der Waals surface area contributed by atoms with Crippen LogP contribution in [0.1, 0.15) is 56.6 Å². The van der Waals surface area contributed by atoms with Gasteiger partial charge in [-0.25, -0.2) is 4.79 Å². The third kappa shape index (κ3) is 5.50. The number of carboxylic acids is 1. The number of carbonyl (C=O) groups is 3. The second-order valence-corrected chi connectivity index (χ2v) is 9.93. The first-order valence-corrected chi connectivity index (χ1v) is 12.5. The molecule has 2 aromatic rings. The Balaban J connectivity index is 1.35. The van der Waals surface area contributed by atoms with E-state index in [0.717, 1.165) is 41.5 Å². The lowest BCUT2D eigenvalue weighted by Crippen LogP contribution is -2.51. The molecule has 3 N–H and O–H groups in total. The minimum absolute atomic E-state index is 0.0567. The van der Waals surface area contributed by atoms with Crippen molar-refractivity contribution in [2.45, 2.75) is 51.5 Å². The van der Waals surface area contributed by atoms with Crippen molar-refractivity contribution in [3.8, 4) is 11.1 Å². The molecule has 7 nitrogen and oxygen atoms in total. The van der Waals surface area contributed by atoms with Crippen LogP contribution >= 0.6 is 0 Å². The molecule has 0 saturated heterocycles. The molecule has 0 heterocycles. The molecule has 2 aliphatic rings. The van der Waals surface area contributed by atoms with Crippen molar-refractivity contribution in [1.29, 1.82) is 0 Å². The summed E-state index contributed by atoms with van der Waals surface area (Å²) < 4.78 is 5.61. The number of rotatable bonds is 8. The van der Waals surface area contributed by atoms with Crippen LogP contribution < -0.4 is 10.6 Å². The summed E-state index contributed by atoms with van der Waals surface area (Å²) in [5, 5.41) is 15.1. The van der Waals surface area contributed by atoms with Crippen LogP contribution in [0.3, 0.4) is 0 Å². The highest BCUT2D eigenvalue weighted by Crippen LogP contribution is 2.44. The Labute approximate surface area is 206 Å². The van der Waals surface area contributed by atoms with Crippen molar-refractivity contribution >= 4 is 18.0 Å². The molecule has 2 unspecified atom stereocenters. The smallest absolute Gasteiger partial charge is 0.407 e. The summed E-state index contributed by atoms with van der Waals surface area (Å²) in [6, 6.07) is 15.5. The van der Waals surface area contributed by atoms with E-state index in [4.69, 9.17) is 4.74 Å². The van der Waals surface area contributed by atoms with Crippen LogP contribution in [0.15, 0.2) is 48.5 Å². The molecule has 7 heteroatoms. The fourth-order valence-corrected chi connectivity index (χ4v) is 5.42. The number of aliphatic carboxylic acids is 1. The highest BCUT2D eigenvalue weighted by Gasteiger charge is 2.33. The summed E-state index contributed by atoms with van der Waals surface area (Å²) in [6.07, 6.45) is 2.65. The van der Waals surface area contributed by atoms with Crippen molar-refractivity contribution < 1.29 is 24.2 Å². The Kier molecular flexibility index (Phi) is 7.73. The van der Waals surface area contributed by atoms with Gasteiger partial charge in [0.05, 0.1) is 5.92 Å². The lowest BCUT2D eigenvalue weighted by atomic mass is 9.79. The number of alkyl carbamates (subject to hydrolysis) is 1. The van der Waals surface area contributed by atoms with E-state index in [1.54, 1.807) is 0 Å². The van der Waals surface area contributed by atoms with Crippen LogP contribution in [-0.2, 0) is 14.3 Å². The number of fused-ring (bicyclic) bond motifs is 3. The van der Waals surface area contributed by atoms with Gasteiger partial charge in [0, 0.05) is 12.5 Å². The predicted molar refractivity (Wildman–Crippen MR) is 133 cm³/mol. The van der Waals surface area contributed by atoms with Gasteiger partial charge >= 0.3 is 12.1 Å². The summed E-state index contributed by atoms with van der Waals surface area (Å²) in [5.41, 5.74) is 4.55. The van der Waals surface area contributed by atoms with Crippen molar-refractivity contribution in [3.05, 3.63) is 59.7 Å². The molecule has 3 atom stereocenters. The van der Waals surface area contributed by atoms with Crippen LogP contribution in [0.5, 0.6) is 0 Å². The molecule has 2 aliphatic carbocycles. The summed E-state index contributed by atoms with van der Waals surface area (Å²) in [4.78, 5) is 37.1. The van der Waals surface area contributed by atoms with Gasteiger partial charge in [0.2, 0.25) is 5.91 Å². The van der Waals surface area contributed by atoms with Crippen LogP contribution in [-0.4, -0.2) is 42.3 Å². The molecule has 0 bridgehead atoms. The molecule has 35 heavy (non-hydrogen) atoms. The Bertz CT molecular complexity index is 1040. The maximum atomic E-state index is 12.9. The highest BCUT2D eigenvalue weighted by molar-refractivity contribution is 5.86. The monoisotopic (exact) mass is 478 g/mol. The number of amides is 2. The summed E-state index contributed by atoms with van der Waals surface area (Å²) in [6.45, 7) is 4.18. The van der Waals surface area contributed by atoms with E-state index in [2.05, 4.69) is 34.9 Å².